The Morgan fingerprint density at radius 2 is 1.91 bits per heavy atom. The number of carbonyl (C=O) groups is 1. The number of rotatable bonds is 6. The van der Waals surface area contributed by atoms with Gasteiger partial charge in [-0.1, -0.05) is 34.4 Å². The molecule has 0 heterocycles. The summed E-state index contributed by atoms with van der Waals surface area (Å²) >= 11 is 11.8. The van der Waals surface area contributed by atoms with Gasteiger partial charge in [-0.2, -0.15) is 0 Å². The zero-order chi connectivity index (χ0) is 15.9. The molecule has 0 N–H and O–H groups in total. The fraction of sp³-hybridized carbons (Fsp3) is 0.125. The summed E-state index contributed by atoms with van der Waals surface area (Å²) in [6, 6.07) is 10.4. The summed E-state index contributed by atoms with van der Waals surface area (Å²) < 4.78 is 12.7. The topological polar surface area (TPSA) is 38.7 Å². The zero-order valence-corrected chi connectivity index (χ0v) is 12.9. The Morgan fingerprint density at radius 3 is 2.59 bits per heavy atom. The maximum Gasteiger partial charge on any atom is 0.168 e. The lowest BCUT2D eigenvalue weighted by Gasteiger charge is -2.03. The van der Waals surface area contributed by atoms with E-state index in [1.807, 2.05) is 0 Å². The number of ketones is 1. The fourth-order valence-electron chi connectivity index (χ4n) is 1.67. The average Bonchev–Trinajstić information content (AvgIpc) is 2.49. The molecule has 0 bridgehead atoms. The van der Waals surface area contributed by atoms with Crippen LogP contribution in [0.25, 0.3) is 0 Å². The quantitative estimate of drug-likeness (QED) is 0.426. The highest BCUT2D eigenvalue weighted by Gasteiger charge is 2.04. The Morgan fingerprint density at radius 1 is 1.18 bits per heavy atom. The third-order valence-corrected chi connectivity index (χ3v) is 3.41. The van der Waals surface area contributed by atoms with Gasteiger partial charge in [0.1, 0.15) is 12.4 Å². The van der Waals surface area contributed by atoms with Gasteiger partial charge in [0.25, 0.3) is 0 Å². The number of carbonyl (C=O) groups excluding carboxylic acids is 1. The monoisotopic (exact) mass is 339 g/mol. The molecule has 0 spiro atoms. The van der Waals surface area contributed by atoms with Crippen LogP contribution in [-0.4, -0.2) is 12.0 Å². The number of hydrogen-bond acceptors (Lipinski definition) is 3. The Hall–Kier alpha value is -1.91. The molecule has 0 aromatic heterocycles. The van der Waals surface area contributed by atoms with E-state index < -0.39 is 0 Å². The molecule has 114 valence electrons. The molecular weight excluding hydrogens is 328 g/mol. The molecule has 0 unspecified atom stereocenters. The standard InChI is InChI=1S/C16H12Cl2FNO2/c17-13-4-1-12(15(18)9-13)10-22-20-8-7-16(21)11-2-5-14(19)6-3-11/h1-6,8-9H,7,10H2/b20-8-. The van der Waals surface area contributed by atoms with Crippen molar-refractivity contribution in [1.82, 2.24) is 0 Å². The van der Waals surface area contributed by atoms with Crippen molar-refractivity contribution in [2.45, 2.75) is 13.0 Å². The molecule has 0 radical (unpaired) electrons. The van der Waals surface area contributed by atoms with E-state index in [0.717, 1.165) is 5.56 Å². The van der Waals surface area contributed by atoms with Gasteiger partial charge in [0, 0.05) is 27.6 Å². The molecule has 0 atom stereocenters. The summed E-state index contributed by atoms with van der Waals surface area (Å²) in [5.41, 5.74) is 1.17. The number of hydrogen-bond donors (Lipinski definition) is 0. The van der Waals surface area contributed by atoms with Crippen molar-refractivity contribution < 1.29 is 14.0 Å². The van der Waals surface area contributed by atoms with Gasteiger partial charge in [-0.25, -0.2) is 4.39 Å². The first kappa shape index (κ1) is 16.5. The number of benzene rings is 2. The van der Waals surface area contributed by atoms with Gasteiger partial charge in [-0.05, 0) is 36.4 Å². The minimum absolute atomic E-state index is 0.0694. The molecule has 2 aromatic carbocycles. The normalized spacial score (nSPS) is 10.9. The SMILES string of the molecule is O=C(C/C=N\OCc1ccc(Cl)cc1Cl)c1ccc(F)cc1. The lowest BCUT2D eigenvalue weighted by Crippen LogP contribution is -2.00. The highest BCUT2D eigenvalue weighted by Crippen LogP contribution is 2.21. The van der Waals surface area contributed by atoms with Crippen LogP contribution in [0, 0.1) is 5.82 Å². The van der Waals surface area contributed by atoms with Crippen LogP contribution in [0.3, 0.4) is 0 Å². The van der Waals surface area contributed by atoms with E-state index in [1.54, 1.807) is 18.2 Å². The Labute approximate surface area is 137 Å². The molecule has 6 heteroatoms. The molecule has 0 saturated heterocycles. The summed E-state index contributed by atoms with van der Waals surface area (Å²) in [5, 5.41) is 4.74. The van der Waals surface area contributed by atoms with Gasteiger partial charge in [-0.15, -0.1) is 0 Å². The van der Waals surface area contributed by atoms with Crippen molar-refractivity contribution in [1.29, 1.82) is 0 Å². The van der Waals surface area contributed by atoms with Gasteiger partial charge < -0.3 is 4.84 Å². The van der Waals surface area contributed by atoms with E-state index in [-0.39, 0.29) is 24.6 Å². The molecule has 2 rings (SSSR count). The van der Waals surface area contributed by atoms with Crippen molar-refractivity contribution >= 4 is 35.2 Å². The van der Waals surface area contributed by atoms with Gasteiger partial charge in [0.15, 0.2) is 5.78 Å². The van der Waals surface area contributed by atoms with Gasteiger partial charge in [0.05, 0.1) is 6.21 Å². The van der Waals surface area contributed by atoms with E-state index in [1.165, 1.54) is 30.5 Å². The summed E-state index contributed by atoms with van der Waals surface area (Å²) in [6.45, 7) is 0.178. The zero-order valence-electron chi connectivity index (χ0n) is 11.4. The highest BCUT2D eigenvalue weighted by atomic mass is 35.5. The smallest absolute Gasteiger partial charge is 0.168 e. The maximum absolute atomic E-state index is 12.7. The second-order valence-electron chi connectivity index (χ2n) is 4.43. The minimum atomic E-state index is -0.381. The van der Waals surface area contributed by atoms with E-state index in [2.05, 4.69) is 5.16 Å². The second kappa shape index (κ2) is 7.92. The summed E-state index contributed by atoms with van der Waals surface area (Å²) in [4.78, 5) is 16.9. The van der Waals surface area contributed by atoms with E-state index >= 15 is 0 Å². The van der Waals surface area contributed by atoms with Crippen molar-refractivity contribution in [2.75, 3.05) is 0 Å². The number of nitrogens with zero attached hydrogens (tertiary/aromatic N) is 1. The van der Waals surface area contributed by atoms with Gasteiger partial charge in [0.2, 0.25) is 0 Å². The molecule has 0 amide bonds. The van der Waals surface area contributed by atoms with Crippen LogP contribution < -0.4 is 0 Å². The predicted molar refractivity (Wildman–Crippen MR) is 85.1 cm³/mol. The molecule has 2 aromatic rings. The van der Waals surface area contributed by atoms with Crippen molar-refractivity contribution in [3.05, 3.63) is 69.5 Å². The van der Waals surface area contributed by atoms with E-state index in [4.69, 9.17) is 28.0 Å². The molecular formula is C16H12Cl2FNO2. The van der Waals surface area contributed by atoms with Gasteiger partial charge in [-0.3, -0.25) is 4.79 Å². The average molecular weight is 340 g/mol. The van der Waals surface area contributed by atoms with Crippen LogP contribution in [0.4, 0.5) is 4.39 Å². The Balaban J connectivity index is 1.80. The first-order chi connectivity index (χ1) is 10.6. The number of oxime groups is 1. The third-order valence-electron chi connectivity index (χ3n) is 2.83. The largest absolute Gasteiger partial charge is 0.391 e. The van der Waals surface area contributed by atoms with Crippen LogP contribution in [0.2, 0.25) is 10.0 Å². The highest BCUT2D eigenvalue weighted by molar-refractivity contribution is 6.35. The summed E-state index contributed by atoms with van der Waals surface area (Å²) in [7, 11) is 0. The number of halogens is 3. The Bertz CT molecular complexity index is 687. The molecule has 0 saturated carbocycles. The lowest BCUT2D eigenvalue weighted by molar-refractivity contribution is 0.0996. The molecule has 0 aliphatic heterocycles. The molecule has 3 nitrogen and oxygen atoms in total. The molecule has 22 heavy (non-hydrogen) atoms. The van der Waals surface area contributed by atoms with Crippen LogP contribution in [-0.2, 0) is 11.4 Å². The van der Waals surface area contributed by atoms with Crippen molar-refractivity contribution in [3.63, 3.8) is 0 Å². The first-order valence-electron chi connectivity index (χ1n) is 6.43. The fourth-order valence-corrected chi connectivity index (χ4v) is 2.14. The van der Waals surface area contributed by atoms with Crippen molar-refractivity contribution in [2.24, 2.45) is 5.16 Å². The van der Waals surface area contributed by atoms with Crippen LogP contribution in [0.1, 0.15) is 22.3 Å². The molecule has 0 fully saturated rings. The van der Waals surface area contributed by atoms with E-state index in [9.17, 15) is 9.18 Å². The lowest BCUT2D eigenvalue weighted by atomic mass is 10.1. The van der Waals surface area contributed by atoms with Crippen molar-refractivity contribution in [3.8, 4) is 0 Å². The summed E-state index contributed by atoms with van der Waals surface area (Å²) in [6.07, 6.45) is 1.43. The maximum atomic E-state index is 12.7. The van der Waals surface area contributed by atoms with E-state index in [0.29, 0.717) is 15.6 Å². The second-order valence-corrected chi connectivity index (χ2v) is 5.27. The molecule has 0 aliphatic rings. The van der Waals surface area contributed by atoms with Crippen LogP contribution in [0.15, 0.2) is 47.6 Å². The molecule has 0 aliphatic carbocycles. The number of Topliss-reactive ketones (excluding diaryl/α,β-unsaturated/α-hetero) is 1. The third kappa shape index (κ3) is 4.83. The first-order valence-corrected chi connectivity index (χ1v) is 7.18. The Kier molecular flexibility index (Phi) is 5.92. The van der Waals surface area contributed by atoms with Crippen LogP contribution >= 0.6 is 23.2 Å². The van der Waals surface area contributed by atoms with Crippen LogP contribution in [0.5, 0.6) is 0 Å². The minimum Gasteiger partial charge on any atom is -0.391 e. The van der Waals surface area contributed by atoms with Gasteiger partial charge >= 0.3 is 0 Å². The predicted octanol–water partition coefficient (Wildman–Crippen LogP) is 4.91. The summed E-state index contributed by atoms with van der Waals surface area (Å²) in [5.74, 6) is -0.551.